The number of hydrogen-bond acceptors (Lipinski definition) is 6. The highest BCUT2D eigenvalue weighted by molar-refractivity contribution is 8.00. The zero-order valence-electron chi connectivity index (χ0n) is 18.6. The van der Waals surface area contributed by atoms with Gasteiger partial charge in [-0.15, -0.1) is 23.1 Å². The van der Waals surface area contributed by atoms with Crippen LogP contribution in [0.2, 0.25) is 0 Å². The summed E-state index contributed by atoms with van der Waals surface area (Å²) >= 11 is 2.79. The van der Waals surface area contributed by atoms with Crippen molar-refractivity contribution in [3.8, 4) is 17.0 Å². The van der Waals surface area contributed by atoms with E-state index < -0.39 is 0 Å². The predicted molar refractivity (Wildman–Crippen MR) is 133 cm³/mol. The fraction of sp³-hybridized carbons (Fsp3) is 0.292. The number of methoxy groups -OCH3 is 1. The van der Waals surface area contributed by atoms with Crippen molar-refractivity contribution in [1.29, 1.82) is 0 Å². The van der Waals surface area contributed by atoms with Gasteiger partial charge in [0.05, 0.1) is 18.6 Å². The molecule has 0 atom stereocenters. The van der Waals surface area contributed by atoms with Gasteiger partial charge in [-0.25, -0.2) is 4.98 Å². The molecule has 0 fully saturated rings. The Hall–Kier alpha value is -2.84. The number of aromatic nitrogens is 1. The average molecular weight is 470 g/mol. The number of ether oxygens (including phenoxy) is 1. The van der Waals surface area contributed by atoms with Crippen LogP contribution in [0.3, 0.4) is 0 Å². The lowest BCUT2D eigenvalue weighted by Gasteiger charge is -2.17. The number of thioether (sulfide) groups is 1. The largest absolute Gasteiger partial charge is 0.497 e. The van der Waals surface area contributed by atoms with Crippen LogP contribution in [0.5, 0.6) is 5.75 Å². The molecule has 2 N–H and O–H groups in total. The minimum atomic E-state index is -0.135. The van der Waals surface area contributed by atoms with Crippen LogP contribution in [0, 0.1) is 5.41 Å². The van der Waals surface area contributed by atoms with Gasteiger partial charge in [0, 0.05) is 27.9 Å². The van der Waals surface area contributed by atoms with E-state index in [-0.39, 0.29) is 23.0 Å². The van der Waals surface area contributed by atoms with E-state index in [2.05, 4.69) is 15.6 Å². The van der Waals surface area contributed by atoms with Crippen LogP contribution in [-0.4, -0.2) is 29.7 Å². The Morgan fingerprint density at radius 2 is 1.84 bits per heavy atom. The minimum absolute atomic E-state index is 0.0204. The van der Waals surface area contributed by atoms with Crippen LogP contribution in [-0.2, 0) is 9.59 Å². The number of thiazole rings is 1. The van der Waals surface area contributed by atoms with Crippen molar-refractivity contribution in [2.24, 2.45) is 5.41 Å². The molecule has 1 aromatic heterocycles. The van der Waals surface area contributed by atoms with Crippen molar-refractivity contribution >= 4 is 45.7 Å². The van der Waals surface area contributed by atoms with Gasteiger partial charge in [-0.1, -0.05) is 39.0 Å². The maximum Gasteiger partial charge on any atom is 0.236 e. The second-order valence-electron chi connectivity index (χ2n) is 8.42. The number of amides is 2. The van der Waals surface area contributed by atoms with Crippen LogP contribution >= 0.6 is 23.1 Å². The van der Waals surface area contributed by atoms with Crippen molar-refractivity contribution in [3.63, 3.8) is 0 Å². The summed E-state index contributed by atoms with van der Waals surface area (Å²) in [7, 11) is 1.62. The second kappa shape index (κ2) is 10.7. The van der Waals surface area contributed by atoms with Crippen molar-refractivity contribution in [2.45, 2.75) is 32.1 Å². The number of nitrogens with one attached hydrogen (secondary N) is 2. The molecule has 0 saturated heterocycles. The standard InChI is InChI=1S/C24H27N3O3S2/c1-24(2,3)13-21(28)25-17-8-6-10-19(12-17)31-15-22(29)27-23-26-20(14-32-23)16-7-5-9-18(11-16)30-4/h5-12,14H,13,15H2,1-4H3,(H,25,28)(H,26,27,29). The van der Waals surface area contributed by atoms with E-state index in [1.807, 2.05) is 74.7 Å². The molecule has 0 spiro atoms. The van der Waals surface area contributed by atoms with Crippen molar-refractivity contribution < 1.29 is 14.3 Å². The Morgan fingerprint density at radius 1 is 1.06 bits per heavy atom. The Morgan fingerprint density at radius 3 is 2.59 bits per heavy atom. The van der Waals surface area contributed by atoms with Crippen LogP contribution < -0.4 is 15.4 Å². The Kier molecular flexibility index (Phi) is 7.93. The SMILES string of the molecule is COc1cccc(-c2csc(NC(=O)CSc3cccc(NC(=O)CC(C)(C)C)c3)n2)c1. The van der Waals surface area contributed by atoms with Crippen LogP contribution in [0.1, 0.15) is 27.2 Å². The molecule has 0 aliphatic heterocycles. The highest BCUT2D eigenvalue weighted by Gasteiger charge is 2.16. The van der Waals surface area contributed by atoms with Gasteiger partial charge in [-0.3, -0.25) is 9.59 Å². The van der Waals surface area contributed by atoms with Gasteiger partial charge in [-0.2, -0.15) is 0 Å². The topological polar surface area (TPSA) is 80.3 Å². The minimum Gasteiger partial charge on any atom is -0.497 e. The molecule has 0 aliphatic rings. The van der Waals surface area contributed by atoms with Crippen molar-refractivity contribution in [3.05, 3.63) is 53.9 Å². The Labute approximate surface area is 196 Å². The molecule has 3 aromatic rings. The molecule has 1 heterocycles. The van der Waals surface area contributed by atoms with E-state index in [1.54, 1.807) is 7.11 Å². The molecular formula is C24H27N3O3S2. The molecule has 2 amide bonds. The molecule has 2 aromatic carbocycles. The molecule has 3 rings (SSSR count). The van der Waals surface area contributed by atoms with E-state index >= 15 is 0 Å². The summed E-state index contributed by atoms with van der Waals surface area (Å²) in [4.78, 5) is 30.0. The quantitative estimate of drug-likeness (QED) is 0.400. The molecule has 8 heteroatoms. The number of nitrogens with zero attached hydrogens (tertiary/aromatic N) is 1. The number of carbonyl (C=O) groups is 2. The third-order valence-corrected chi connectivity index (χ3v) is 6.05. The van der Waals surface area contributed by atoms with Gasteiger partial charge in [0.25, 0.3) is 0 Å². The zero-order chi connectivity index (χ0) is 23.1. The predicted octanol–water partition coefficient (Wildman–Crippen LogP) is 5.92. The van der Waals surface area contributed by atoms with E-state index in [0.717, 1.165) is 27.6 Å². The molecular weight excluding hydrogens is 442 g/mol. The summed E-state index contributed by atoms with van der Waals surface area (Å²) in [5.74, 6) is 0.846. The van der Waals surface area contributed by atoms with E-state index in [0.29, 0.717) is 11.6 Å². The number of carbonyl (C=O) groups excluding carboxylic acids is 2. The lowest BCUT2D eigenvalue weighted by Crippen LogP contribution is -2.19. The van der Waals surface area contributed by atoms with Gasteiger partial charge in [-0.05, 0) is 35.7 Å². The number of benzene rings is 2. The fourth-order valence-electron chi connectivity index (χ4n) is 2.90. The second-order valence-corrected chi connectivity index (χ2v) is 10.3. The van der Waals surface area contributed by atoms with Gasteiger partial charge < -0.3 is 15.4 Å². The lowest BCUT2D eigenvalue weighted by atomic mass is 9.92. The first-order chi connectivity index (χ1) is 15.2. The van der Waals surface area contributed by atoms with Crippen LogP contribution in [0.25, 0.3) is 11.3 Å². The first kappa shape index (κ1) is 23.8. The Balaban J connectivity index is 1.53. The summed E-state index contributed by atoms with van der Waals surface area (Å²) in [5.41, 5.74) is 2.38. The van der Waals surface area contributed by atoms with E-state index in [4.69, 9.17) is 4.74 Å². The number of hydrogen-bond donors (Lipinski definition) is 2. The maximum absolute atomic E-state index is 12.4. The molecule has 0 aliphatic carbocycles. The normalized spacial score (nSPS) is 11.1. The monoisotopic (exact) mass is 469 g/mol. The van der Waals surface area contributed by atoms with Crippen molar-refractivity contribution in [1.82, 2.24) is 4.98 Å². The summed E-state index contributed by atoms with van der Waals surface area (Å²) < 4.78 is 5.25. The average Bonchev–Trinajstić information content (AvgIpc) is 3.19. The number of anilines is 2. The summed E-state index contributed by atoms with van der Waals surface area (Å²) in [6.07, 6.45) is 0.443. The first-order valence-corrected chi connectivity index (χ1v) is 12.0. The van der Waals surface area contributed by atoms with E-state index in [1.165, 1.54) is 23.1 Å². The molecule has 168 valence electrons. The maximum atomic E-state index is 12.4. The third-order valence-electron chi connectivity index (χ3n) is 4.29. The molecule has 32 heavy (non-hydrogen) atoms. The smallest absolute Gasteiger partial charge is 0.236 e. The molecule has 0 bridgehead atoms. The van der Waals surface area contributed by atoms with Crippen molar-refractivity contribution in [2.75, 3.05) is 23.5 Å². The molecule has 6 nitrogen and oxygen atoms in total. The highest BCUT2D eigenvalue weighted by Crippen LogP contribution is 2.28. The van der Waals surface area contributed by atoms with Crippen LogP contribution in [0.15, 0.2) is 58.8 Å². The van der Waals surface area contributed by atoms with Gasteiger partial charge >= 0.3 is 0 Å². The zero-order valence-corrected chi connectivity index (χ0v) is 20.2. The summed E-state index contributed by atoms with van der Waals surface area (Å²) in [5, 5.41) is 8.23. The summed E-state index contributed by atoms with van der Waals surface area (Å²) in [6.45, 7) is 6.08. The fourth-order valence-corrected chi connectivity index (χ4v) is 4.39. The third kappa shape index (κ3) is 7.39. The molecule has 0 unspecified atom stereocenters. The van der Waals surface area contributed by atoms with E-state index in [9.17, 15) is 9.59 Å². The van der Waals surface area contributed by atoms with Gasteiger partial charge in [0.2, 0.25) is 11.8 Å². The lowest BCUT2D eigenvalue weighted by molar-refractivity contribution is -0.118. The first-order valence-electron chi connectivity index (χ1n) is 10.1. The molecule has 0 saturated carbocycles. The Bertz CT molecular complexity index is 1090. The van der Waals surface area contributed by atoms with Gasteiger partial charge in [0.15, 0.2) is 5.13 Å². The highest BCUT2D eigenvalue weighted by atomic mass is 32.2. The summed E-state index contributed by atoms with van der Waals surface area (Å²) in [6, 6.07) is 15.2. The molecule has 0 radical (unpaired) electrons. The van der Waals surface area contributed by atoms with Gasteiger partial charge in [0.1, 0.15) is 5.75 Å². The van der Waals surface area contributed by atoms with Crippen LogP contribution in [0.4, 0.5) is 10.8 Å². The number of rotatable bonds is 8.